The van der Waals surface area contributed by atoms with Crippen molar-refractivity contribution in [3.8, 4) is 11.5 Å². The third kappa shape index (κ3) is 8.58. The molecule has 12 nitrogen and oxygen atoms in total. The van der Waals surface area contributed by atoms with Gasteiger partial charge in [0.05, 0.1) is 28.2 Å². The third-order valence-electron chi connectivity index (χ3n) is 7.11. The number of hydrogen-bond acceptors (Lipinski definition) is 8. The van der Waals surface area contributed by atoms with E-state index in [4.69, 9.17) is 16.3 Å². The molecule has 48 heavy (non-hydrogen) atoms. The van der Waals surface area contributed by atoms with Gasteiger partial charge in [-0.05, 0) is 72.6 Å². The van der Waals surface area contributed by atoms with E-state index in [1.54, 1.807) is 60.7 Å². The van der Waals surface area contributed by atoms with Gasteiger partial charge in [-0.2, -0.15) is 5.10 Å². The number of anilines is 1. The molecule has 1 aliphatic heterocycles. The predicted molar refractivity (Wildman–Crippen MR) is 185 cm³/mol. The highest BCUT2D eigenvalue weighted by Crippen LogP contribution is 2.37. The molecule has 3 N–H and O–H groups in total. The first-order chi connectivity index (χ1) is 22.2. The van der Waals surface area contributed by atoms with E-state index in [0.29, 0.717) is 34.0 Å². The molecule has 0 spiro atoms. The Morgan fingerprint density at radius 1 is 1.04 bits per heavy atom. The number of ketones is 1. The van der Waals surface area contributed by atoms with Crippen molar-refractivity contribution in [1.29, 1.82) is 0 Å². The molecular weight excluding hydrogens is 678 g/mol. The molecule has 3 heterocycles. The number of halogens is 1. The van der Waals surface area contributed by atoms with Crippen molar-refractivity contribution in [2.75, 3.05) is 11.0 Å². The van der Waals surface area contributed by atoms with E-state index < -0.39 is 20.0 Å². The number of fused-ring (bicyclic) bond motifs is 1. The van der Waals surface area contributed by atoms with Gasteiger partial charge in [-0.1, -0.05) is 37.2 Å². The Morgan fingerprint density at radius 3 is 2.35 bits per heavy atom. The summed E-state index contributed by atoms with van der Waals surface area (Å²) in [6.45, 7) is 2.02. The summed E-state index contributed by atoms with van der Waals surface area (Å²) in [5.74, 6) is 0.535. The molecule has 15 heteroatoms. The second kappa shape index (κ2) is 14.6. The van der Waals surface area contributed by atoms with E-state index in [0.717, 1.165) is 23.2 Å². The van der Waals surface area contributed by atoms with Crippen LogP contribution in [0.1, 0.15) is 46.0 Å². The number of hydrogen-bond donors (Lipinski definition) is 3. The Labute approximate surface area is 283 Å². The van der Waals surface area contributed by atoms with Crippen molar-refractivity contribution in [1.82, 2.24) is 19.5 Å². The first-order valence-corrected chi connectivity index (χ1v) is 17.8. The van der Waals surface area contributed by atoms with Crippen LogP contribution < -0.4 is 19.7 Å². The summed E-state index contributed by atoms with van der Waals surface area (Å²) in [4.78, 5) is 24.0. The Morgan fingerprint density at radius 2 is 1.73 bits per heavy atom. The van der Waals surface area contributed by atoms with Crippen LogP contribution in [-0.2, 0) is 40.1 Å². The van der Waals surface area contributed by atoms with Crippen molar-refractivity contribution >= 4 is 43.1 Å². The summed E-state index contributed by atoms with van der Waals surface area (Å²) < 4.78 is 59.2. The number of carbonyl (C=O) groups excluding carboxylic acids is 1. The lowest BCUT2D eigenvalue weighted by Gasteiger charge is -2.13. The van der Waals surface area contributed by atoms with Gasteiger partial charge < -0.3 is 9.30 Å². The molecular formula is C33H34ClN5O7S2. The Balaban J connectivity index is 0.000000212. The maximum atomic E-state index is 12.8. The molecule has 0 saturated heterocycles. The minimum absolute atomic E-state index is 0. The molecule has 0 atom stereocenters. The molecule has 3 aromatic carbocycles. The van der Waals surface area contributed by atoms with Crippen LogP contribution in [0.15, 0.2) is 94.6 Å². The van der Waals surface area contributed by atoms with Crippen LogP contribution in [0.5, 0.6) is 11.5 Å². The fourth-order valence-corrected chi connectivity index (χ4v) is 6.87. The zero-order valence-corrected chi connectivity index (χ0v) is 27.8. The van der Waals surface area contributed by atoms with Gasteiger partial charge in [0, 0.05) is 48.4 Å². The maximum Gasteiger partial charge on any atom is 0.264 e. The zero-order chi connectivity index (χ0) is 33.9. The number of rotatable bonds is 8. The average molecular weight is 712 g/mol. The quantitative estimate of drug-likeness (QED) is 0.185. The van der Waals surface area contributed by atoms with Crippen molar-refractivity contribution in [2.24, 2.45) is 7.05 Å². The standard InChI is InChI=1S/C18H16ClN3O2.C14H14N2O5S2.CH4/c1-11-9-15(10-14-7-8-16(23)21-20-14)22(2)17(11)18(24)12-3-5-13(19)6-4-12;1-22(17,18)16-12-7-10-9-15-23(19,20)14(10)8-13(12)21-11-5-3-2-4-6-11;/h3-9H,10H2,1-2H3,(H,21,23);2-8,15-16H,9H2,1H3;1H4. The predicted octanol–water partition coefficient (Wildman–Crippen LogP) is 5.17. The van der Waals surface area contributed by atoms with Crippen LogP contribution in [0, 0.1) is 6.92 Å². The van der Waals surface area contributed by atoms with Crippen LogP contribution in [-0.4, -0.2) is 43.6 Å². The number of ether oxygens (including phenoxy) is 1. The van der Waals surface area contributed by atoms with Crippen LogP contribution in [0.4, 0.5) is 5.69 Å². The summed E-state index contributed by atoms with van der Waals surface area (Å²) in [6.07, 6.45) is 1.55. The fraction of sp³-hybridized carbons (Fsp3) is 0.182. The highest BCUT2D eigenvalue weighted by Gasteiger charge is 2.28. The molecule has 0 unspecified atom stereocenters. The first-order valence-electron chi connectivity index (χ1n) is 14.1. The second-order valence-corrected chi connectivity index (χ2v) is 14.6. The van der Waals surface area contributed by atoms with Gasteiger partial charge >= 0.3 is 0 Å². The molecule has 0 saturated carbocycles. The van der Waals surface area contributed by atoms with E-state index in [-0.39, 0.29) is 41.6 Å². The molecule has 1 aliphatic rings. The van der Waals surface area contributed by atoms with E-state index in [2.05, 4.69) is 19.6 Å². The normalized spacial score (nSPS) is 13.0. The van der Waals surface area contributed by atoms with Gasteiger partial charge in [0.2, 0.25) is 25.8 Å². The minimum atomic E-state index is -3.59. The lowest BCUT2D eigenvalue weighted by molar-refractivity contribution is 0.103. The van der Waals surface area contributed by atoms with E-state index in [1.807, 2.05) is 24.6 Å². The number of benzene rings is 3. The second-order valence-electron chi connectivity index (χ2n) is 10.7. The summed E-state index contributed by atoms with van der Waals surface area (Å²) in [6, 6.07) is 23.4. The maximum absolute atomic E-state index is 12.8. The summed E-state index contributed by atoms with van der Waals surface area (Å²) in [5.41, 5.74) is 4.25. The number of aromatic nitrogens is 3. The largest absolute Gasteiger partial charge is 0.455 e. The fourth-order valence-electron chi connectivity index (χ4n) is 4.94. The van der Waals surface area contributed by atoms with Crippen molar-refractivity contribution in [2.45, 2.75) is 32.2 Å². The number of H-pyrrole nitrogens is 1. The molecule has 0 radical (unpaired) electrons. The van der Waals surface area contributed by atoms with Gasteiger partial charge in [-0.3, -0.25) is 14.3 Å². The summed E-state index contributed by atoms with van der Waals surface area (Å²) >= 11 is 5.88. The molecule has 0 amide bonds. The van der Waals surface area contributed by atoms with Crippen molar-refractivity contribution in [3.63, 3.8) is 0 Å². The molecule has 0 fully saturated rings. The number of nitrogens with one attached hydrogen (secondary N) is 3. The SMILES string of the molecule is C.CS(=O)(=O)Nc1cc2c(cc1Oc1ccccc1)S(=O)(=O)NC2.Cc1cc(Cc2ccc(=O)[nH]n2)n(C)c1C(=O)c1ccc(Cl)cc1. The molecule has 2 aromatic heterocycles. The first kappa shape index (κ1) is 36.1. The molecule has 252 valence electrons. The third-order valence-corrected chi connectivity index (χ3v) is 9.44. The number of para-hydroxylation sites is 1. The van der Waals surface area contributed by atoms with Gasteiger partial charge in [0.15, 0.2) is 5.75 Å². The van der Waals surface area contributed by atoms with Crippen molar-refractivity contribution < 1.29 is 26.4 Å². The number of carbonyl (C=O) groups is 1. The molecule has 6 rings (SSSR count). The number of sulfonamides is 2. The van der Waals surface area contributed by atoms with E-state index in [9.17, 15) is 26.4 Å². The van der Waals surface area contributed by atoms with Gasteiger partial charge in [0.1, 0.15) is 5.75 Å². The van der Waals surface area contributed by atoms with Crippen molar-refractivity contribution in [3.05, 3.63) is 134 Å². The Kier molecular flexibility index (Phi) is 10.9. The summed E-state index contributed by atoms with van der Waals surface area (Å²) in [7, 11) is -5.27. The number of nitrogens with zero attached hydrogens (tertiary/aromatic N) is 2. The number of aryl methyl sites for hydroxylation is 1. The minimum Gasteiger partial charge on any atom is -0.455 e. The monoisotopic (exact) mass is 711 g/mol. The smallest absolute Gasteiger partial charge is 0.264 e. The molecule has 0 bridgehead atoms. The lowest BCUT2D eigenvalue weighted by Crippen LogP contribution is -2.13. The highest BCUT2D eigenvalue weighted by molar-refractivity contribution is 7.92. The van der Waals surface area contributed by atoms with Crippen LogP contribution in [0.3, 0.4) is 0 Å². The van der Waals surface area contributed by atoms with Crippen LogP contribution in [0.2, 0.25) is 5.02 Å². The molecule has 5 aromatic rings. The van der Waals surface area contributed by atoms with Gasteiger partial charge in [0.25, 0.3) is 5.56 Å². The van der Waals surface area contributed by atoms with Gasteiger partial charge in [-0.15, -0.1) is 0 Å². The van der Waals surface area contributed by atoms with Crippen LogP contribution in [0.25, 0.3) is 0 Å². The summed E-state index contributed by atoms with van der Waals surface area (Å²) in [5, 5.41) is 7.03. The highest BCUT2D eigenvalue weighted by atomic mass is 35.5. The Bertz CT molecular complexity index is 2210. The zero-order valence-electron chi connectivity index (χ0n) is 25.4. The lowest BCUT2D eigenvalue weighted by atomic mass is 10.1. The van der Waals surface area contributed by atoms with E-state index in [1.165, 1.54) is 18.2 Å². The molecule has 0 aliphatic carbocycles. The Hall–Kier alpha value is -4.76. The van der Waals surface area contributed by atoms with Crippen LogP contribution >= 0.6 is 11.6 Å². The number of aromatic amines is 1. The topological polar surface area (TPSA) is 169 Å². The van der Waals surface area contributed by atoms with E-state index >= 15 is 0 Å². The van der Waals surface area contributed by atoms with Gasteiger partial charge in [-0.25, -0.2) is 26.7 Å². The average Bonchev–Trinajstić information content (AvgIpc) is 3.47.